The van der Waals surface area contributed by atoms with Crippen LogP contribution in [0.4, 0.5) is 0 Å². The minimum Gasteiger partial charge on any atom is -0.497 e. The molecule has 2 heterocycles. The smallest absolute Gasteiger partial charge is 0.132 e. The van der Waals surface area contributed by atoms with Crippen LogP contribution in [0.15, 0.2) is 47.1 Å². The quantitative estimate of drug-likeness (QED) is 0.580. The van der Waals surface area contributed by atoms with Crippen LogP contribution in [0.5, 0.6) is 5.75 Å². The maximum Gasteiger partial charge on any atom is 0.132 e. The van der Waals surface area contributed by atoms with Gasteiger partial charge in [-0.2, -0.15) is 0 Å². The van der Waals surface area contributed by atoms with E-state index in [2.05, 4.69) is 19.1 Å². The van der Waals surface area contributed by atoms with Crippen molar-refractivity contribution in [2.45, 2.75) is 51.0 Å². The van der Waals surface area contributed by atoms with Crippen LogP contribution in [0.3, 0.4) is 0 Å². The van der Waals surface area contributed by atoms with Crippen molar-refractivity contribution in [3.8, 4) is 5.75 Å². The minimum atomic E-state index is 0.0775. The summed E-state index contributed by atoms with van der Waals surface area (Å²) in [5.74, 6) is 2.76. The first kappa shape index (κ1) is 17.1. The van der Waals surface area contributed by atoms with Crippen molar-refractivity contribution in [3.05, 3.63) is 54.0 Å². The molecule has 2 aromatic rings. The molecule has 0 N–H and O–H groups in total. The lowest BCUT2D eigenvalue weighted by Gasteiger charge is -2.22. The third kappa shape index (κ3) is 3.84. The molecular formula is C21H28O3. The lowest BCUT2D eigenvalue weighted by atomic mass is 9.81. The summed E-state index contributed by atoms with van der Waals surface area (Å²) in [5, 5.41) is 0. The second-order valence-electron chi connectivity index (χ2n) is 6.66. The number of furan rings is 1. The number of benzene rings is 1. The van der Waals surface area contributed by atoms with Crippen molar-refractivity contribution in [1.29, 1.82) is 0 Å². The zero-order valence-corrected chi connectivity index (χ0v) is 14.7. The molecule has 3 nitrogen and oxygen atoms in total. The molecule has 24 heavy (non-hydrogen) atoms. The SMILES string of the molecule is CCCCCC[C@H]1[C@H](c2ccc(OC)cc2)CO[C@H]1c1ccco1. The molecule has 1 aliphatic rings. The number of ether oxygens (including phenoxy) is 2. The molecule has 0 saturated carbocycles. The van der Waals surface area contributed by atoms with Crippen molar-refractivity contribution in [3.63, 3.8) is 0 Å². The van der Waals surface area contributed by atoms with Gasteiger partial charge in [0.1, 0.15) is 17.6 Å². The molecule has 3 heteroatoms. The first-order chi connectivity index (χ1) is 11.8. The first-order valence-electron chi connectivity index (χ1n) is 9.12. The lowest BCUT2D eigenvalue weighted by Crippen LogP contribution is -2.14. The molecule has 1 fully saturated rings. The molecule has 1 aliphatic heterocycles. The summed E-state index contributed by atoms with van der Waals surface area (Å²) in [4.78, 5) is 0. The molecule has 130 valence electrons. The Kier molecular flexibility index (Phi) is 5.97. The van der Waals surface area contributed by atoms with E-state index in [1.54, 1.807) is 13.4 Å². The van der Waals surface area contributed by atoms with Gasteiger partial charge in [-0.1, -0.05) is 44.7 Å². The van der Waals surface area contributed by atoms with Crippen LogP contribution in [-0.2, 0) is 4.74 Å². The topological polar surface area (TPSA) is 31.6 Å². The van der Waals surface area contributed by atoms with Crippen LogP contribution in [0.25, 0.3) is 0 Å². The van der Waals surface area contributed by atoms with Crippen molar-refractivity contribution >= 4 is 0 Å². The summed E-state index contributed by atoms with van der Waals surface area (Å²) in [6, 6.07) is 12.4. The molecule has 1 aromatic carbocycles. The van der Waals surface area contributed by atoms with E-state index in [0.717, 1.165) is 18.1 Å². The van der Waals surface area contributed by atoms with Gasteiger partial charge in [0.2, 0.25) is 0 Å². The van der Waals surface area contributed by atoms with Crippen molar-refractivity contribution in [2.24, 2.45) is 5.92 Å². The van der Waals surface area contributed by atoms with Crippen LogP contribution in [0.2, 0.25) is 0 Å². The zero-order chi connectivity index (χ0) is 16.8. The molecule has 0 aliphatic carbocycles. The van der Waals surface area contributed by atoms with Crippen molar-refractivity contribution in [1.82, 2.24) is 0 Å². The monoisotopic (exact) mass is 328 g/mol. The van der Waals surface area contributed by atoms with Gasteiger partial charge in [0, 0.05) is 11.8 Å². The lowest BCUT2D eigenvalue weighted by molar-refractivity contribution is 0.0697. The van der Waals surface area contributed by atoms with E-state index in [4.69, 9.17) is 13.9 Å². The molecule has 0 amide bonds. The summed E-state index contributed by atoms with van der Waals surface area (Å²) in [7, 11) is 1.71. The molecule has 3 rings (SSSR count). The number of rotatable bonds is 8. The number of unbranched alkanes of at least 4 members (excludes halogenated alkanes) is 3. The summed E-state index contributed by atoms with van der Waals surface area (Å²) < 4.78 is 17.1. The van der Waals surface area contributed by atoms with Crippen LogP contribution in [0.1, 0.15) is 62.4 Å². The predicted octanol–water partition coefficient (Wildman–Crippen LogP) is 5.73. The Balaban J connectivity index is 1.75. The van der Waals surface area contributed by atoms with Gasteiger partial charge in [-0.05, 0) is 36.2 Å². The Morgan fingerprint density at radius 1 is 1.08 bits per heavy atom. The minimum absolute atomic E-state index is 0.0775. The highest BCUT2D eigenvalue weighted by Crippen LogP contribution is 2.46. The number of methoxy groups -OCH3 is 1. The fourth-order valence-corrected chi connectivity index (χ4v) is 3.77. The Hall–Kier alpha value is -1.74. The Morgan fingerprint density at radius 3 is 2.58 bits per heavy atom. The van der Waals surface area contributed by atoms with Gasteiger partial charge in [0.05, 0.1) is 20.0 Å². The number of hydrogen-bond acceptors (Lipinski definition) is 3. The standard InChI is InChI=1S/C21H28O3/c1-3-4-5-6-8-18-19(16-10-12-17(22-2)13-11-16)15-24-21(18)20-9-7-14-23-20/h7,9-14,18-19,21H,3-6,8,15H2,1-2H3/t18-,19-,21+/m0/s1. The normalized spacial score (nSPS) is 23.5. The van der Waals surface area contributed by atoms with Crippen LogP contribution in [0, 0.1) is 5.92 Å². The van der Waals surface area contributed by atoms with E-state index in [0.29, 0.717) is 11.8 Å². The maximum atomic E-state index is 6.17. The molecule has 0 unspecified atom stereocenters. The fourth-order valence-electron chi connectivity index (χ4n) is 3.77. The average Bonchev–Trinajstić information content (AvgIpc) is 3.28. The molecular weight excluding hydrogens is 300 g/mol. The van der Waals surface area contributed by atoms with E-state index in [1.165, 1.54) is 37.7 Å². The Morgan fingerprint density at radius 2 is 1.92 bits per heavy atom. The second-order valence-corrected chi connectivity index (χ2v) is 6.66. The van der Waals surface area contributed by atoms with Crippen LogP contribution >= 0.6 is 0 Å². The average molecular weight is 328 g/mol. The van der Waals surface area contributed by atoms with E-state index in [1.807, 2.05) is 24.3 Å². The Bertz CT molecular complexity index is 588. The molecule has 0 spiro atoms. The van der Waals surface area contributed by atoms with E-state index >= 15 is 0 Å². The second kappa shape index (κ2) is 8.39. The van der Waals surface area contributed by atoms with E-state index < -0.39 is 0 Å². The third-order valence-corrected chi connectivity index (χ3v) is 5.12. The fraction of sp³-hybridized carbons (Fsp3) is 0.524. The summed E-state index contributed by atoms with van der Waals surface area (Å²) >= 11 is 0. The molecule has 3 atom stereocenters. The van der Waals surface area contributed by atoms with Gasteiger partial charge in [-0.3, -0.25) is 0 Å². The summed E-state index contributed by atoms with van der Waals surface area (Å²) in [6.07, 6.45) is 8.14. The van der Waals surface area contributed by atoms with Gasteiger partial charge in [0.25, 0.3) is 0 Å². The van der Waals surface area contributed by atoms with Gasteiger partial charge >= 0.3 is 0 Å². The molecule has 1 aromatic heterocycles. The van der Waals surface area contributed by atoms with Crippen molar-refractivity contribution < 1.29 is 13.9 Å². The largest absolute Gasteiger partial charge is 0.497 e. The van der Waals surface area contributed by atoms with Crippen molar-refractivity contribution in [2.75, 3.05) is 13.7 Å². The van der Waals surface area contributed by atoms with Gasteiger partial charge in [0.15, 0.2) is 0 Å². The summed E-state index contributed by atoms with van der Waals surface area (Å²) in [5.41, 5.74) is 1.34. The third-order valence-electron chi connectivity index (χ3n) is 5.12. The Labute approximate surface area is 145 Å². The van der Waals surface area contributed by atoms with Gasteiger partial charge in [-0.25, -0.2) is 0 Å². The van der Waals surface area contributed by atoms with Gasteiger partial charge < -0.3 is 13.9 Å². The molecule has 1 saturated heterocycles. The first-order valence-corrected chi connectivity index (χ1v) is 9.12. The maximum absolute atomic E-state index is 6.17. The highest BCUT2D eigenvalue weighted by Gasteiger charge is 2.39. The zero-order valence-electron chi connectivity index (χ0n) is 14.7. The highest BCUT2D eigenvalue weighted by molar-refractivity contribution is 5.31. The van der Waals surface area contributed by atoms with Crippen LogP contribution in [-0.4, -0.2) is 13.7 Å². The molecule has 0 radical (unpaired) electrons. The number of hydrogen-bond donors (Lipinski definition) is 0. The summed E-state index contributed by atoms with van der Waals surface area (Å²) in [6.45, 7) is 3.01. The predicted molar refractivity (Wildman–Crippen MR) is 95.4 cm³/mol. The van der Waals surface area contributed by atoms with Crippen LogP contribution < -0.4 is 4.74 Å². The molecule has 0 bridgehead atoms. The van der Waals surface area contributed by atoms with Gasteiger partial charge in [-0.15, -0.1) is 0 Å². The van der Waals surface area contributed by atoms with E-state index in [9.17, 15) is 0 Å². The highest BCUT2D eigenvalue weighted by atomic mass is 16.5. The van der Waals surface area contributed by atoms with E-state index in [-0.39, 0.29) is 6.10 Å².